The third-order valence-corrected chi connectivity index (χ3v) is 25.7. The van der Waals surface area contributed by atoms with E-state index in [-0.39, 0.29) is 33.2 Å². The van der Waals surface area contributed by atoms with Crippen molar-refractivity contribution in [3.05, 3.63) is 54.1 Å². The van der Waals surface area contributed by atoms with Gasteiger partial charge in [-0.15, -0.1) is 0 Å². The molecule has 0 aliphatic heterocycles. The zero-order valence-electron chi connectivity index (χ0n) is 37.5. The predicted molar refractivity (Wildman–Crippen MR) is 234 cm³/mol. The summed E-state index contributed by atoms with van der Waals surface area (Å²) >= 11 is 0. The molecule has 0 heterocycles. The molecule has 5 atom stereocenters. The van der Waals surface area contributed by atoms with E-state index in [1.54, 1.807) is 7.11 Å². The van der Waals surface area contributed by atoms with Crippen molar-refractivity contribution in [3.63, 3.8) is 0 Å². The van der Waals surface area contributed by atoms with Crippen molar-refractivity contribution in [1.29, 1.82) is 0 Å². The number of unbranched alkanes of at least 4 members (excludes halogenated alkanes) is 1. The molecule has 0 aliphatic rings. The highest BCUT2D eigenvalue weighted by Gasteiger charge is 2.44. The van der Waals surface area contributed by atoms with Crippen LogP contribution in [-0.4, -0.2) is 57.5 Å². The molecule has 0 aromatic heterocycles. The van der Waals surface area contributed by atoms with E-state index in [2.05, 4.69) is 159 Å². The topological polar surface area (TPSA) is 46.2 Å². The first-order chi connectivity index (χ1) is 23.6. The van der Waals surface area contributed by atoms with Gasteiger partial charge >= 0.3 is 0 Å². The van der Waals surface area contributed by atoms with Gasteiger partial charge in [-0.25, -0.2) is 0 Å². The lowest BCUT2D eigenvalue weighted by Crippen LogP contribution is -2.50. The maximum atomic E-state index is 7.32. The Labute approximate surface area is 326 Å². The molecule has 0 spiro atoms. The van der Waals surface area contributed by atoms with Crippen LogP contribution in [-0.2, 0) is 24.6 Å². The molecule has 0 unspecified atom stereocenters. The van der Waals surface area contributed by atoms with Crippen molar-refractivity contribution in [2.24, 2.45) is 17.8 Å². The lowest BCUT2D eigenvalue weighted by Gasteiger charge is -2.45. The second kappa shape index (κ2) is 20.8. The van der Waals surface area contributed by atoms with Crippen molar-refractivity contribution in [3.8, 4) is 5.75 Å². The normalized spacial score (nSPS) is 17.1. The zero-order valence-corrected chi connectivity index (χ0v) is 40.5. The number of methoxy groups -OCH3 is 1. The van der Waals surface area contributed by atoms with Crippen molar-refractivity contribution in [2.45, 2.75) is 182 Å². The van der Waals surface area contributed by atoms with Crippen LogP contribution in [0.1, 0.15) is 114 Å². The van der Waals surface area contributed by atoms with Gasteiger partial charge in [0.2, 0.25) is 0 Å². The summed E-state index contributed by atoms with van der Waals surface area (Å²) in [5.74, 6) is 1.93. The first-order valence-electron chi connectivity index (χ1n) is 20.2. The summed E-state index contributed by atoms with van der Waals surface area (Å²) in [6, 6.07) is 8.08. The molecule has 1 rings (SSSR count). The third-order valence-electron chi connectivity index (χ3n) is 12.2. The zero-order chi connectivity index (χ0) is 40.2. The molecule has 0 aliphatic carbocycles. The fourth-order valence-corrected chi connectivity index (χ4v) is 8.93. The first-order valence-corrected chi connectivity index (χ1v) is 28.9. The molecule has 52 heavy (non-hydrogen) atoms. The Balaban J connectivity index is 3.07. The summed E-state index contributed by atoms with van der Waals surface area (Å²) in [5, 5.41) is 0.479. The average molecular weight is 777 g/mol. The van der Waals surface area contributed by atoms with Gasteiger partial charge in [-0.05, 0) is 110 Å². The Morgan fingerprint density at radius 3 is 1.63 bits per heavy atom. The van der Waals surface area contributed by atoms with E-state index in [1.807, 2.05) is 12.1 Å². The lowest BCUT2D eigenvalue weighted by atomic mass is 9.92. The smallest absolute Gasteiger partial charge is 0.192 e. The molecule has 0 amide bonds. The summed E-state index contributed by atoms with van der Waals surface area (Å²) in [5.41, 5.74) is 1.16. The number of allylic oxidation sites excluding steroid dienone is 2. The summed E-state index contributed by atoms with van der Waals surface area (Å²) in [6.45, 7) is 44.4. The average Bonchev–Trinajstić information content (AvgIpc) is 3.01. The van der Waals surface area contributed by atoms with E-state index in [0.717, 1.165) is 43.6 Å². The summed E-state index contributed by atoms with van der Waals surface area (Å²) < 4.78 is 32.5. The molecule has 0 fully saturated rings. The Morgan fingerprint density at radius 1 is 0.635 bits per heavy atom. The van der Waals surface area contributed by atoms with Crippen LogP contribution in [0.4, 0.5) is 0 Å². The highest BCUT2D eigenvalue weighted by atomic mass is 28.4. The van der Waals surface area contributed by atoms with E-state index in [9.17, 15) is 0 Å². The van der Waals surface area contributed by atoms with Gasteiger partial charge in [0.15, 0.2) is 25.0 Å². The SMILES string of the molecule is COc1ccc(COC[C@H](C)/C=C/CC/C=C/[C@@H](O[Si](C)(C)C(C)(C)C)[C@H](C)[C@H](CC[C@@H](C)CO[Si](C)(C)C(C)(C)C)O[Si](C)(C)C(C)(C)C)cc1. The van der Waals surface area contributed by atoms with E-state index in [1.165, 1.54) is 0 Å². The Bertz CT molecular complexity index is 1200. The highest BCUT2D eigenvalue weighted by Crippen LogP contribution is 2.42. The maximum Gasteiger partial charge on any atom is 0.192 e. The highest BCUT2D eigenvalue weighted by molar-refractivity contribution is 6.75. The molecule has 8 heteroatoms. The van der Waals surface area contributed by atoms with Crippen LogP contribution in [0.5, 0.6) is 5.75 Å². The van der Waals surface area contributed by atoms with Crippen molar-refractivity contribution in [1.82, 2.24) is 0 Å². The molecule has 0 saturated carbocycles. The Morgan fingerprint density at radius 2 is 1.13 bits per heavy atom. The van der Waals surface area contributed by atoms with Gasteiger partial charge in [0.1, 0.15) is 5.75 Å². The molecular formula is C44H84O5Si3. The van der Waals surface area contributed by atoms with Crippen LogP contribution < -0.4 is 4.74 Å². The molecule has 1 aromatic rings. The molecule has 5 nitrogen and oxygen atoms in total. The standard InChI is InChI=1S/C44H84O5Si3/c1-35(32-46-34-38-27-29-39(45-13)30-28-38)24-22-20-21-23-25-40(48-51(16,17)43(7,8)9)37(3)41(49-52(18,19)44(10,11)12)31-26-36(2)33-47-50(14,15)42(4,5)6/h22-25,27-30,35-37,40-41H,20-21,26,31-34H2,1-19H3/b24-22+,25-23+/t35-,36-,37+,40-,41+/m1/s1. The minimum Gasteiger partial charge on any atom is -0.497 e. The maximum absolute atomic E-state index is 7.32. The quantitative estimate of drug-likeness (QED) is 0.0667. The van der Waals surface area contributed by atoms with Crippen LogP contribution in [0, 0.1) is 17.8 Å². The van der Waals surface area contributed by atoms with Crippen molar-refractivity contribution >= 4 is 25.0 Å². The van der Waals surface area contributed by atoms with Crippen LogP contribution in [0.3, 0.4) is 0 Å². The van der Waals surface area contributed by atoms with Crippen molar-refractivity contribution < 1.29 is 22.8 Å². The van der Waals surface area contributed by atoms with Gasteiger partial charge < -0.3 is 22.8 Å². The van der Waals surface area contributed by atoms with Gasteiger partial charge in [0.05, 0.1) is 32.5 Å². The number of benzene rings is 1. The Hall–Kier alpha value is -1.01. The molecule has 0 radical (unpaired) electrons. The lowest BCUT2D eigenvalue weighted by molar-refractivity contribution is 0.0466. The number of rotatable bonds is 22. The fraction of sp³-hybridized carbons (Fsp3) is 0.773. The second-order valence-electron chi connectivity index (χ2n) is 20.1. The second-order valence-corrected chi connectivity index (χ2v) is 34.5. The first kappa shape index (κ1) is 49.0. The van der Waals surface area contributed by atoms with Gasteiger partial charge in [0.25, 0.3) is 0 Å². The summed E-state index contributed by atoms with van der Waals surface area (Å²) in [7, 11) is -4.17. The Kier molecular flexibility index (Phi) is 19.6. The molecular weight excluding hydrogens is 693 g/mol. The third kappa shape index (κ3) is 16.8. The molecule has 0 bridgehead atoms. The van der Waals surface area contributed by atoms with Crippen LogP contribution in [0.15, 0.2) is 48.6 Å². The van der Waals surface area contributed by atoms with Gasteiger partial charge in [-0.3, -0.25) is 0 Å². The van der Waals surface area contributed by atoms with E-state index in [4.69, 9.17) is 22.8 Å². The number of hydrogen-bond acceptors (Lipinski definition) is 5. The van der Waals surface area contributed by atoms with Crippen LogP contribution in [0.25, 0.3) is 0 Å². The largest absolute Gasteiger partial charge is 0.497 e. The van der Waals surface area contributed by atoms with Gasteiger partial charge in [0, 0.05) is 12.5 Å². The number of ether oxygens (including phenoxy) is 2. The van der Waals surface area contributed by atoms with Gasteiger partial charge in [-0.2, -0.15) is 0 Å². The van der Waals surface area contributed by atoms with Crippen molar-refractivity contribution in [2.75, 3.05) is 20.3 Å². The molecule has 302 valence electrons. The van der Waals surface area contributed by atoms with E-state index in [0.29, 0.717) is 25.0 Å². The monoisotopic (exact) mass is 777 g/mol. The molecule has 1 aromatic carbocycles. The minimum absolute atomic E-state index is 0.00343. The minimum atomic E-state index is -2.05. The molecule has 0 N–H and O–H groups in total. The summed E-state index contributed by atoms with van der Waals surface area (Å²) in [4.78, 5) is 0. The molecule has 0 saturated heterocycles. The fourth-order valence-electron chi connectivity index (χ4n) is 5.03. The predicted octanol–water partition coefficient (Wildman–Crippen LogP) is 13.6. The van der Waals surface area contributed by atoms with E-state index >= 15 is 0 Å². The van der Waals surface area contributed by atoms with Crippen LogP contribution in [0.2, 0.25) is 54.4 Å². The number of hydrogen-bond donors (Lipinski definition) is 0. The van der Waals surface area contributed by atoms with E-state index < -0.39 is 25.0 Å². The van der Waals surface area contributed by atoms with Gasteiger partial charge in [-0.1, -0.05) is 120 Å². The van der Waals surface area contributed by atoms with Crippen LogP contribution >= 0.6 is 0 Å². The summed E-state index contributed by atoms with van der Waals surface area (Å²) in [6.07, 6.45) is 13.5.